The molecule has 188 valence electrons. The predicted molar refractivity (Wildman–Crippen MR) is 140 cm³/mol. The number of benzene rings is 2. The van der Waals surface area contributed by atoms with Gasteiger partial charge in [-0.3, -0.25) is 9.69 Å². The lowest BCUT2D eigenvalue weighted by Gasteiger charge is -2.34. The third-order valence-electron chi connectivity index (χ3n) is 6.93. The normalized spacial score (nSPS) is 21.7. The van der Waals surface area contributed by atoms with Gasteiger partial charge in [0.15, 0.2) is 0 Å². The Morgan fingerprint density at radius 1 is 1.14 bits per heavy atom. The number of rotatable bonds is 5. The van der Waals surface area contributed by atoms with Crippen molar-refractivity contribution in [1.29, 1.82) is 5.26 Å². The second-order valence-electron chi connectivity index (χ2n) is 9.06. The van der Waals surface area contributed by atoms with Gasteiger partial charge in [0, 0.05) is 47.5 Å². The van der Waals surface area contributed by atoms with Gasteiger partial charge in [-0.25, -0.2) is 14.5 Å². The molecule has 0 unspecified atom stereocenters. The van der Waals surface area contributed by atoms with E-state index in [2.05, 4.69) is 11.0 Å². The Labute approximate surface area is 226 Å². The maximum absolute atomic E-state index is 14.2. The molecule has 37 heavy (non-hydrogen) atoms. The highest BCUT2D eigenvalue weighted by atomic mass is 35.5. The number of carbonyl (C=O) groups excluding carboxylic acids is 2. The molecule has 0 saturated carbocycles. The van der Waals surface area contributed by atoms with E-state index in [0.29, 0.717) is 28.7 Å². The van der Waals surface area contributed by atoms with Crippen LogP contribution in [0, 0.1) is 11.3 Å². The van der Waals surface area contributed by atoms with Gasteiger partial charge in [-0.05, 0) is 48.0 Å². The Hall–Kier alpha value is -3.42. The predicted octanol–water partition coefficient (Wildman–Crippen LogP) is 5.06. The van der Waals surface area contributed by atoms with Crippen molar-refractivity contribution >= 4 is 58.1 Å². The van der Waals surface area contributed by atoms with Crippen LogP contribution in [0.4, 0.5) is 10.5 Å². The number of urea groups is 1. The van der Waals surface area contributed by atoms with Crippen LogP contribution >= 0.6 is 34.5 Å². The summed E-state index contributed by atoms with van der Waals surface area (Å²) in [6, 6.07) is 16.5. The number of anilines is 1. The summed E-state index contributed by atoms with van der Waals surface area (Å²) in [7, 11) is 1.61. The molecule has 0 bridgehead atoms. The van der Waals surface area contributed by atoms with E-state index in [1.54, 1.807) is 31.3 Å². The Kier molecular flexibility index (Phi) is 6.46. The molecule has 11 heteroatoms. The van der Waals surface area contributed by atoms with Gasteiger partial charge in [0.05, 0.1) is 17.3 Å². The highest BCUT2D eigenvalue weighted by Gasteiger charge is 2.64. The third-order valence-corrected chi connectivity index (χ3v) is 8.43. The standard InChI is InChI=1S/C26H20Cl2N4O4S/c1-30-25(36)32(19-9-17(27)8-18(28)10-19)24(35)26(30)14-31(12-20-6-7-22(37-20)23(33)34)13-21(26)16-4-2-15(11-29)3-5-16/h2-10,21H,12-14H2,1H3,(H,33,34)/t21-,26+/m0/s1. The number of likely N-dealkylation sites (tertiary alicyclic amines) is 1. The molecule has 3 amide bonds. The fraction of sp³-hybridized carbons (Fsp3) is 0.231. The summed E-state index contributed by atoms with van der Waals surface area (Å²) in [4.78, 5) is 44.8. The summed E-state index contributed by atoms with van der Waals surface area (Å²) in [6.07, 6.45) is 0. The fourth-order valence-electron chi connectivity index (χ4n) is 5.21. The van der Waals surface area contributed by atoms with E-state index in [-0.39, 0.29) is 17.1 Å². The first-order valence-corrected chi connectivity index (χ1v) is 12.8. The van der Waals surface area contributed by atoms with Crippen molar-refractivity contribution in [2.75, 3.05) is 25.0 Å². The summed E-state index contributed by atoms with van der Waals surface area (Å²) in [5.74, 6) is -1.79. The van der Waals surface area contributed by atoms with Crippen LogP contribution in [0.25, 0.3) is 0 Å². The first kappa shape index (κ1) is 25.2. The average molecular weight is 555 g/mol. The zero-order valence-corrected chi connectivity index (χ0v) is 21.8. The van der Waals surface area contributed by atoms with Gasteiger partial charge in [0.2, 0.25) is 0 Å². The van der Waals surface area contributed by atoms with Crippen molar-refractivity contribution in [2.45, 2.75) is 18.0 Å². The van der Waals surface area contributed by atoms with Gasteiger partial charge in [0.1, 0.15) is 10.4 Å². The molecule has 1 spiro atoms. The maximum atomic E-state index is 14.2. The zero-order chi connectivity index (χ0) is 26.5. The largest absolute Gasteiger partial charge is 0.477 e. The molecular weight excluding hydrogens is 535 g/mol. The van der Waals surface area contributed by atoms with Crippen LogP contribution in [-0.4, -0.2) is 58.5 Å². The fourth-order valence-corrected chi connectivity index (χ4v) is 6.62. The number of amides is 3. The van der Waals surface area contributed by atoms with Crippen molar-refractivity contribution in [1.82, 2.24) is 9.80 Å². The summed E-state index contributed by atoms with van der Waals surface area (Å²) >= 11 is 13.5. The molecule has 0 aliphatic carbocycles. The number of carboxylic acid groups (broad SMARTS) is 1. The third kappa shape index (κ3) is 4.26. The first-order valence-electron chi connectivity index (χ1n) is 11.3. The van der Waals surface area contributed by atoms with Crippen LogP contribution in [0.1, 0.15) is 31.6 Å². The van der Waals surface area contributed by atoms with E-state index in [0.717, 1.165) is 15.3 Å². The number of hydrogen-bond acceptors (Lipinski definition) is 6. The number of carbonyl (C=O) groups is 3. The number of aromatic carboxylic acids is 1. The van der Waals surface area contributed by atoms with Crippen molar-refractivity contribution < 1.29 is 19.5 Å². The molecule has 0 radical (unpaired) electrons. The number of carboxylic acids is 1. The van der Waals surface area contributed by atoms with Gasteiger partial charge in [0.25, 0.3) is 5.91 Å². The molecule has 2 aromatic carbocycles. The second kappa shape index (κ2) is 9.47. The van der Waals surface area contributed by atoms with Crippen LogP contribution in [0.15, 0.2) is 54.6 Å². The molecule has 2 aliphatic heterocycles. The molecule has 1 aromatic heterocycles. The lowest BCUT2D eigenvalue weighted by Crippen LogP contribution is -2.53. The highest BCUT2D eigenvalue weighted by molar-refractivity contribution is 7.13. The average Bonchev–Trinajstić information content (AvgIpc) is 3.53. The van der Waals surface area contributed by atoms with Crippen LogP contribution in [-0.2, 0) is 11.3 Å². The number of likely N-dealkylation sites (N-methyl/N-ethyl adjacent to an activating group) is 1. The number of nitriles is 1. The Morgan fingerprint density at radius 3 is 2.41 bits per heavy atom. The quantitative estimate of drug-likeness (QED) is 0.442. The van der Waals surface area contributed by atoms with E-state index in [1.807, 2.05) is 12.1 Å². The van der Waals surface area contributed by atoms with Gasteiger partial charge >= 0.3 is 12.0 Å². The van der Waals surface area contributed by atoms with Crippen LogP contribution in [0.3, 0.4) is 0 Å². The molecule has 1 N–H and O–H groups in total. The van der Waals surface area contributed by atoms with Crippen LogP contribution < -0.4 is 4.90 Å². The molecule has 3 aromatic rings. The lowest BCUT2D eigenvalue weighted by molar-refractivity contribution is -0.124. The minimum Gasteiger partial charge on any atom is -0.477 e. The smallest absolute Gasteiger partial charge is 0.345 e. The van der Waals surface area contributed by atoms with Gasteiger partial charge in [-0.2, -0.15) is 5.26 Å². The number of halogens is 2. The molecule has 3 heterocycles. The molecule has 2 aliphatic rings. The van der Waals surface area contributed by atoms with Crippen molar-refractivity contribution in [3.8, 4) is 6.07 Å². The van der Waals surface area contributed by atoms with E-state index in [1.165, 1.54) is 34.4 Å². The van der Waals surface area contributed by atoms with Crippen LogP contribution in [0.5, 0.6) is 0 Å². The molecular formula is C26H20Cl2N4O4S. The summed E-state index contributed by atoms with van der Waals surface area (Å²) in [5.41, 5.74) is 0.368. The monoisotopic (exact) mass is 554 g/mol. The summed E-state index contributed by atoms with van der Waals surface area (Å²) < 4.78 is 0. The van der Waals surface area contributed by atoms with E-state index >= 15 is 0 Å². The van der Waals surface area contributed by atoms with Crippen molar-refractivity contribution in [2.24, 2.45) is 0 Å². The first-order chi connectivity index (χ1) is 17.6. The van der Waals surface area contributed by atoms with Crippen molar-refractivity contribution in [3.05, 3.63) is 85.5 Å². The minimum absolute atomic E-state index is 0.237. The van der Waals surface area contributed by atoms with E-state index in [4.69, 9.17) is 23.2 Å². The molecule has 8 nitrogen and oxygen atoms in total. The molecule has 5 rings (SSSR count). The van der Waals surface area contributed by atoms with E-state index in [9.17, 15) is 24.8 Å². The van der Waals surface area contributed by atoms with Gasteiger partial charge < -0.3 is 10.0 Å². The Bertz CT molecular complexity index is 1450. The van der Waals surface area contributed by atoms with Gasteiger partial charge in [-0.15, -0.1) is 11.3 Å². The molecule has 2 atom stereocenters. The molecule has 2 fully saturated rings. The highest BCUT2D eigenvalue weighted by Crippen LogP contribution is 2.47. The van der Waals surface area contributed by atoms with Crippen molar-refractivity contribution in [3.63, 3.8) is 0 Å². The van der Waals surface area contributed by atoms with E-state index < -0.39 is 29.4 Å². The zero-order valence-electron chi connectivity index (χ0n) is 19.5. The number of thiophene rings is 1. The molecule has 2 saturated heterocycles. The topological polar surface area (TPSA) is 105 Å². The number of nitrogens with zero attached hydrogens (tertiary/aromatic N) is 4. The SMILES string of the molecule is CN1C(=O)N(c2cc(Cl)cc(Cl)c2)C(=O)[C@]12CN(Cc1ccc(C(=O)O)s1)C[C@H]2c1ccc(C#N)cc1. The second-order valence-corrected chi connectivity index (χ2v) is 11.1. The maximum Gasteiger partial charge on any atom is 0.345 e. The number of imide groups is 1. The Morgan fingerprint density at radius 2 is 1.81 bits per heavy atom. The van der Waals surface area contributed by atoms with Crippen LogP contribution in [0.2, 0.25) is 10.0 Å². The summed E-state index contributed by atoms with van der Waals surface area (Å²) in [6.45, 7) is 1.11. The van der Waals surface area contributed by atoms with Gasteiger partial charge in [-0.1, -0.05) is 35.3 Å². The number of hydrogen-bond donors (Lipinski definition) is 1. The lowest BCUT2D eigenvalue weighted by atomic mass is 9.80. The summed E-state index contributed by atoms with van der Waals surface area (Å²) in [5, 5.41) is 19.1. The Balaban J connectivity index is 1.56. The minimum atomic E-state index is -1.23.